The molecule has 0 aliphatic rings. The van der Waals surface area contributed by atoms with Crippen molar-refractivity contribution < 1.29 is 30.3 Å². The Morgan fingerprint density at radius 3 is 1.92 bits per heavy atom. The molecule has 0 spiro atoms. The lowest BCUT2D eigenvalue weighted by Crippen LogP contribution is -2.43. The third-order valence-electron chi connectivity index (χ3n) is 1.34. The summed E-state index contributed by atoms with van der Waals surface area (Å²) in [6.45, 7) is -1.61. The predicted molar refractivity (Wildman–Crippen MR) is 37.2 cm³/mol. The summed E-state index contributed by atoms with van der Waals surface area (Å²) in [5, 5.41) is 42.9. The lowest BCUT2D eigenvalue weighted by atomic mass is 10.2. The maximum Gasteiger partial charge on any atom is 0.194 e. The van der Waals surface area contributed by atoms with Crippen LogP contribution in [0.2, 0.25) is 0 Å². The highest BCUT2D eigenvalue weighted by Crippen LogP contribution is 1.98. The summed E-state index contributed by atoms with van der Waals surface area (Å²) in [6, 6.07) is 0. The molecule has 0 aliphatic carbocycles. The molecule has 5 N–H and O–H groups in total. The molecule has 72 valence electrons. The Morgan fingerprint density at radius 2 is 1.58 bits per heavy atom. The van der Waals surface area contributed by atoms with Gasteiger partial charge in [-0.25, -0.2) is 0 Å². The van der Waals surface area contributed by atoms with Gasteiger partial charge < -0.3 is 25.5 Å². The van der Waals surface area contributed by atoms with Crippen molar-refractivity contribution in [1.82, 2.24) is 0 Å². The number of hydrogen-bond acceptors (Lipinski definition) is 6. The van der Waals surface area contributed by atoms with Crippen LogP contribution in [0.3, 0.4) is 0 Å². The number of rotatable bonds is 5. The van der Waals surface area contributed by atoms with E-state index in [-0.39, 0.29) is 0 Å². The van der Waals surface area contributed by atoms with Gasteiger partial charge in [-0.15, -0.1) is 0 Å². The molecule has 0 bridgehead atoms. The zero-order chi connectivity index (χ0) is 9.72. The minimum Gasteiger partial charge on any atom is -0.394 e. The van der Waals surface area contributed by atoms with Crippen LogP contribution in [-0.2, 0) is 4.79 Å². The minimum atomic E-state index is -1.86. The Labute approximate surface area is 68.7 Å². The van der Waals surface area contributed by atoms with Gasteiger partial charge in [-0.05, 0) is 0 Å². The molecule has 0 saturated heterocycles. The van der Waals surface area contributed by atoms with Crippen LogP contribution in [0.25, 0.3) is 0 Å². The van der Waals surface area contributed by atoms with E-state index in [9.17, 15) is 4.79 Å². The summed E-state index contributed by atoms with van der Waals surface area (Å²) in [5.74, 6) is -1.11. The Balaban J connectivity index is 4.09. The molecule has 0 radical (unpaired) electrons. The van der Waals surface area contributed by atoms with Crippen molar-refractivity contribution in [2.24, 2.45) is 0 Å². The number of aliphatic hydroxyl groups excluding tert-OH is 5. The first kappa shape index (κ1) is 11.5. The molecule has 1 unspecified atom stereocenters. The van der Waals surface area contributed by atoms with E-state index < -0.39 is 37.3 Å². The first-order valence-corrected chi connectivity index (χ1v) is 3.34. The van der Waals surface area contributed by atoms with E-state index in [0.29, 0.717) is 0 Å². The molecular weight excluding hydrogens is 169 g/mol. The summed E-state index contributed by atoms with van der Waals surface area (Å²) < 4.78 is 0. The molecule has 0 heterocycles. The van der Waals surface area contributed by atoms with Crippen molar-refractivity contribution in [2.45, 2.75) is 18.3 Å². The van der Waals surface area contributed by atoms with Crippen molar-refractivity contribution in [2.75, 3.05) is 13.2 Å². The number of hydrogen-bond donors (Lipinski definition) is 5. The fraction of sp³-hybridized carbons (Fsp3) is 0.833. The molecule has 0 fully saturated rings. The molecule has 0 aromatic heterocycles. The monoisotopic (exact) mass is 181 g/mol. The summed E-state index contributed by atoms with van der Waals surface area (Å²) in [5.41, 5.74) is 0. The fourth-order valence-corrected chi connectivity index (χ4v) is 0.577. The lowest BCUT2D eigenvalue weighted by molar-refractivity contribution is -0.144. The van der Waals surface area contributed by atoms with E-state index in [1.165, 1.54) is 0 Å². The van der Waals surface area contributed by atoms with E-state index in [1.54, 1.807) is 0 Å². The van der Waals surface area contributed by atoms with Crippen LogP contribution in [0.1, 0.15) is 0 Å². The van der Waals surface area contributed by atoms with Crippen LogP contribution in [0.4, 0.5) is 0 Å². The minimum absolute atomic E-state index is 0.787. The Bertz CT molecular complexity index is 147. The van der Waals surface area contributed by atoms with Crippen LogP contribution < -0.4 is 0 Å². The molecule has 6 heteroatoms. The first-order chi connectivity index (χ1) is 5.54. The average molecular weight is 181 g/mol. The van der Waals surface area contributed by atoms with Crippen molar-refractivity contribution in [3.05, 3.63) is 0 Å². The molecule has 3 atom stereocenters. The number of carbonyl (C=O) groups excluding carboxylic acids is 1. The molecule has 0 rings (SSSR count). The van der Waals surface area contributed by atoms with Crippen LogP contribution in [0.15, 0.2) is 0 Å². The topological polar surface area (TPSA) is 118 Å². The van der Waals surface area contributed by atoms with Gasteiger partial charge in [0.15, 0.2) is 5.78 Å². The van der Waals surface area contributed by atoms with Gasteiger partial charge >= 0.3 is 0 Å². The second-order valence-electron chi connectivity index (χ2n) is 2.30. The van der Waals surface area contributed by atoms with Gasteiger partial charge in [-0.2, -0.15) is 0 Å². The summed E-state index contributed by atoms with van der Waals surface area (Å²) >= 11 is 0. The number of Topliss-reactive ketones (excluding diaryl/α,β-unsaturated/α-hetero) is 1. The number of aliphatic hydroxyl groups is 5. The van der Waals surface area contributed by atoms with Crippen LogP contribution in [0, 0.1) is 0 Å². The fourth-order valence-electron chi connectivity index (χ4n) is 0.577. The van der Waals surface area contributed by atoms with E-state index in [0.717, 1.165) is 0 Å². The van der Waals surface area contributed by atoms with E-state index in [4.69, 9.17) is 25.5 Å². The molecule has 0 aromatic rings. The Kier molecular flexibility index (Phi) is 4.95. The molecular formula is C6H12O6. The van der Waals surface area contributed by atoms with Crippen LogP contribution in [-0.4, -0.2) is 62.8 Å². The standard InChI is InChI=1S/C6H12O6/c7-1-3(9)5(11)6(12)4(10)2-8/h3-5,7-11H,1-2H2/t3-,4?,5-/m1/s1/i4+1. The third-order valence-corrected chi connectivity index (χ3v) is 1.34. The second-order valence-corrected chi connectivity index (χ2v) is 2.30. The van der Waals surface area contributed by atoms with Crippen molar-refractivity contribution in [3.63, 3.8) is 0 Å². The van der Waals surface area contributed by atoms with E-state index in [2.05, 4.69) is 0 Å². The normalized spacial score (nSPS) is 18.4. The highest BCUT2D eigenvalue weighted by atomic mass is 16.4. The molecule has 0 amide bonds. The molecule has 0 aromatic carbocycles. The zero-order valence-corrected chi connectivity index (χ0v) is 6.29. The summed E-state index contributed by atoms with van der Waals surface area (Å²) in [4.78, 5) is 10.7. The van der Waals surface area contributed by atoms with Crippen molar-refractivity contribution in [3.8, 4) is 0 Å². The Hall–Kier alpha value is -0.530. The number of ketones is 1. The second kappa shape index (κ2) is 5.18. The maximum atomic E-state index is 10.7. The van der Waals surface area contributed by atoms with Gasteiger partial charge in [-0.1, -0.05) is 0 Å². The molecule has 6 nitrogen and oxygen atoms in total. The maximum absolute atomic E-state index is 10.7. The predicted octanol–water partition coefficient (Wildman–Crippen LogP) is -3.38. The van der Waals surface area contributed by atoms with Crippen LogP contribution in [0.5, 0.6) is 0 Å². The SMILES string of the molecule is O=C([C@H](O)[C@H](O)CO)[13CH](O)CO. The van der Waals surface area contributed by atoms with Gasteiger partial charge in [0.25, 0.3) is 0 Å². The van der Waals surface area contributed by atoms with Gasteiger partial charge in [-0.3, -0.25) is 4.79 Å². The smallest absolute Gasteiger partial charge is 0.194 e. The van der Waals surface area contributed by atoms with E-state index >= 15 is 0 Å². The quantitative estimate of drug-likeness (QED) is 0.282. The third kappa shape index (κ3) is 2.84. The summed E-state index contributed by atoms with van der Waals surface area (Å²) in [6.07, 6.45) is -5.21. The molecule has 0 saturated carbocycles. The zero-order valence-electron chi connectivity index (χ0n) is 6.29. The van der Waals surface area contributed by atoms with Gasteiger partial charge in [0.2, 0.25) is 0 Å². The van der Waals surface area contributed by atoms with Gasteiger partial charge in [0.05, 0.1) is 13.2 Å². The molecule has 0 aliphatic heterocycles. The number of carbonyl (C=O) groups is 1. The van der Waals surface area contributed by atoms with Crippen molar-refractivity contribution in [1.29, 1.82) is 0 Å². The average Bonchev–Trinajstić information content (AvgIpc) is 2.12. The van der Waals surface area contributed by atoms with Gasteiger partial charge in [0.1, 0.15) is 18.3 Å². The highest BCUT2D eigenvalue weighted by molar-refractivity contribution is 5.87. The summed E-state index contributed by atoms with van der Waals surface area (Å²) in [7, 11) is 0. The van der Waals surface area contributed by atoms with Gasteiger partial charge in [0, 0.05) is 0 Å². The van der Waals surface area contributed by atoms with Crippen molar-refractivity contribution >= 4 is 5.78 Å². The first-order valence-electron chi connectivity index (χ1n) is 3.34. The largest absolute Gasteiger partial charge is 0.394 e. The molecule has 12 heavy (non-hydrogen) atoms. The lowest BCUT2D eigenvalue weighted by Gasteiger charge is -2.16. The van der Waals surface area contributed by atoms with E-state index in [1.807, 2.05) is 0 Å². The Morgan fingerprint density at radius 1 is 1.08 bits per heavy atom. The highest BCUT2D eigenvalue weighted by Gasteiger charge is 2.28. The van der Waals surface area contributed by atoms with Crippen LogP contribution >= 0.6 is 0 Å².